The molecule has 1 unspecified atom stereocenters. The number of allylic oxidation sites excluding steroid dienone is 1. The van der Waals surface area contributed by atoms with Crippen molar-refractivity contribution in [1.82, 2.24) is 0 Å². The molecule has 1 atom stereocenters. The maximum Gasteiger partial charge on any atom is 0.471 e. The Kier molecular flexibility index (Phi) is 5.00. The van der Waals surface area contributed by atoms with Gasteiger partial charge in [0.25, 0.3) is 5.83 Å². The first-order valence-corrected chi connectivity index (χ1v) is 5.82. The molecule has 0 heterocycles. The van der Waals surface area contributed by atoms with Crippen LogP contribution in [0.4, 0.5) is 52.7 Å². The molecule has 0 aromatic rings. The maximum absolute atomic E-state index is 13.6. The third-order valence-corrected chi connectivity index (χ3v) is 2.94. The molecule has 1 aliphatic rings. The van der Waals surface area contributed by atoms with Crippen molar-refractivity contribution in [1.29, 1.82) is 0 Å². The molecule has 0 aromatic carbocycles. The Labute approximate surface area is 133 Å². The lowest BCUT2D eigenvalue weighted by Crippen LogP contribution is -2.61. The summed E-state index contributed by atoms with van der Waals surface area (Å²) in [5.74, 6) is -28.0. The lowest BCUT2D eigenvalue weighted by molar-refractivity contribution is -0.596. The first-order valence-electron chi connectivity index (χ1n) is 5.82. The lowest BCUT2D eigenvalue weighted by atomic mass is 10.0. The Morgan fingerprint density at radius 1 is 1.00 bits per heavy atom. The summed E-state index contributed by atoms with van der Waals surface area (Å²) >= 11 is 0. The van der Waals surface area contributed by atoms with Crippen LogP contribution in [0.15, 0.2) is 23.5 Å². The summed E-state index contributed by atoms with van der Waals surface area (Å²) in [6, 6.07) is 0. The fraction of sp³-hybridized carbons (Fsp3) is 0.600. The van der Waals surface area contributed by atoms with Gasteiger partial charge in [-0.05, 0) is 6.08 Å². The summed E-state index contributed by atoms with van der Waals surface area (Å²) in [6.07, 6.45) is -16.3. The van der Waals surface area contributed by atoms with E-state index in [1.165, 1.54) is 0 Å². The van der Waals surface area contributed by atoms with Gasteiger partial charge in [-0.2, -0.15) is 48.3 Å². The quantitative estimate of drug-likeness (QED) is 0.282. The van der Waals surface area contributed by atoms with Crippen molar-refractivity contribution < 1.29 is 62.3 Å². The van der Waals surface area contributed by atoms with E-state index in [9.17, 15) is 62.8 Å². The molecule has 0 amide bonds. The normalized spacial score (nSPS) is 23.0. The molecule has 0 saturated heterocycles. The molecule has 150 valence electrons. The van der Waals surface area contributed by atoms with E-state index in [0.29, 0.717) is 0 Å². The third-order valence-electron chi connectivity index (χ3n) is 2.94. The second kappa shape index (κ2) is 5.94. The summed E-state index contributed by atoms with van der Waals surface area (Å²) in [6.45, 7) is 0. The molecule has 0 N–H and O–H groups in total. The largest absolute Gasteiger partial charge is 0.471 e. The number of ether oxygens (including phenoxy) is 1. The number of hydrogen-bond donors (Lipinski definition) is 0. The Bertz CT molecular complexity index is 667. The van der Waals surface area contributed by atoms with Gasteiger partial charge in [0.15, 0.2) is 5.83 Å². The van der Waals surface area contributed by atoms with Crippen LogP contribution < -0.4 is 0 Å². The second-order valence-electron chi connectivity index (χ2n) is 4.68. The number of nitro groups is 1. The second-order valence-corrected chi connectivity index (χ2v) is 4.68. The Morgan fingerprint density at radius 2 is 1.46 bits per heavy atom. The highest BCUT2D eigenvalue weighted by Gasteiger charge is 2.84. The van der Waals surface area contributed by atoms with Gasteiger partial charge < -0.3 is 4.74 Å². The minimum absolute atomic E-state index is 0.336. The van der Waals surface area contributed by atoms with E-state index in [0.717, 1.165) is 0 Å². The van der Waals surface area contributed by atoms with Gasteiger partial charge in [-0.3, -0.25) is 10.1 Å². The number of nitrogens with zero attached hydrogens (tertiary/aromatic N) is 1. The van der Waals surface area contributed by atoms with Crippen LogP contribution in [-0.4, -0.2) is 34.8 Å². The first kappa shape index (κ1) is 21.9. The van der Waals surface area contributed by atoms with Crippen LogP contribution in [0, 0.1) is 10.1 Å². The van der Waals surface area contributed by atoms with Crippen molar-refractivity contribution in [3.05, 3.63) is 33.6 Å². The third kappa shape index (κ3) is 3.04. The zero-order valence-electron chi connectivity index (χ0n) is 11.5. The van der Waals surface area contributed by atoms with Gasteiger partial charge in [0, 0.05) is 0 Å². The highest BCUT2D eigenvalue weighted by atomic mass is 19.4. The summed E-state index contributed by atoms with van der Waals surface area (Å²) in [5, 5.41) is 10.3. The molecule has 0 aromatic heterocycles. The summed E-state index contributed by atoms with van der Waals surface area (Å²) < 4.78 is 156. The highest BCUT2D eigenvalue weighted by molar-refractivity contribution is 5.31. The van der Waals surface area contributed by atoms with Crippen molar-refractivity contribution in [2.75, 3.05) is 0 Å². The van der Waals surface area contributed by atoms with Crippen LogP contribution in [0.5, 0.6) is 0 Å². The number of alkyl halides is 10. The van der Waals surface area contributed by atoms with Gasteiger partial charge in [-0.15, -0.1) is 0 Å². The topological polar surface area (TPSA) is 52.4 Å². The average molecular weight is 413 g/mol. The van der Waals surface area contributed by atoms with Crippen LogP contribution >= 0.6 is 0 Å². The van der Waals surface area contributed by atoms with Crippen molar-refractivity contribution >= 4 is 0 Å². The minimum Gasteiger partial charge on any atom is -0.422 e. The number of halogens is 12. The van der Waals surface area contributed by atoms with Crippen LogP contribution in [0.2, 0.25) is 0 Å². The lowest BCUT2D eigenvalue weighted by Gasteiger charge is -2.33. The molecule has 1 aliphatic carbocycles. The smallest absolute Gasteiger partial charge is 0.422 e. The molecule has 1 rings (SSSR count). The fourth-order valence-electron chi connectivity index (χ4n) is 1.49. The molecular weight excluding hydrogens is 410 g/mol. The van der Waals surface area contributed by atoms with E-state index in [1.54, 1.807) is 0 Å². The van der Waals surface area contributed by atoms with Gasteiger partial charge in [-0.25, -0.2) is 4.39 Å². The number of rotatable bonds is 5. The van der Waals surface area contributed by atoms with Crippen molar-refractivity contribution in [3.63, 3.8) is 0 Å². The van der Waals surface area contributed by atoms with Crippen molar-refractivity contribution in [3.8, 4) is 0 Å². The molecule has 4 nitrogen and oxygen atoms in total. The summed E-state index contributed by atoms with van der Waals surface area (Å²) in [7, 11) is 0. The van der Waals surface area contributed by atoms with Gasteiger partial charge >= 0.3 is 29.9 Å². The van der Waals surface area contributed by atoms with Crippen LogP contribution in [-0.2, 0) is 4.74 Å². The van der Waals surface area contributed by atoms with E-state index < -0.39 is 58.7 Å². The van der Waals surface area contributed by atoms with Crippen LogP contribution in [0.25, 0.3) is 0 Å². The fourth-order valence-corrected chi connectivity index (χ4v) is 1.49. The van der Waals surface area contributed by atoms with Crippen LogP contribution in [0.1, 0.15) is 6.42 Å². The molecule has 0 saturated carbocycles. The molecule has 16 heteroatoms. The summed E-state index contributed by atoms with van der Waals surface area (Å²) in [4.78, 5) is 8.18. The van der Waals surface area contributed by atoms with Gasteiger partial charge in [-0.1, -0.05) is 0 Å². The molecule has 0 aliphatic heterocycles. The molecule has 0 spiro atoms. The van der Waals surface area contributed by atoms with Gasteiger partial charge in [0.1, 0.15) is 0 Å². The van der Waals surface area contributed by atoms with E-state index in [2.05, 4.69) is 4.74 Å². The minimum atomic E-state index is -7.45. The molecule has 0 bridgehead atoms. The molecule has 0 fully saturated rings. The Balaban J connectivity index is 3.43. The van der Waals surface area contributed by atoms with Crippen molar-refractivity contribution in [2.24, 2.45) is 0 Å². The van der Waals surface area contributed by atoms with Crippen molar-refractivity contribution in [2.45, 2.75) is 36.3 Å². The first-order chi connectivity index (χ1) is 11.3. The zero-order chi connectivity index (χ0) is 20.9. The predicted octanol–water partition coefficient (Wildman–Crippen LogP) is 4.81. The SMILES string of the molecule is O=[N+]([O-])C1(F)CC=C(F)C(OC(F)(F)C(F)(F)C(F)(F)C(F)(F)F)=C1F. The molecule has 0 radical (unpaired) electrons. The number of hydrogen-bond acceptors (Lipinski definition) is 3. The molecular formula is C10H3F12NO3. The van der Waals surface area contributed by atoms with E-state index in [-0.39, 0.29) is 6.08 Å². The van der Waals surface area contributed by atoms with E-state index >= 15 is 0 Å². The van der Waals surface area contributed by atoms with Gasteiger partial charge in [0.2, 0.25) is 5.76 Å². The monoisotopic (exact) mass is 413 g/mol. The van der Waals surface area contributed by atoms with E-state index in [4.69, 9.17) is 0 Å². The maximum atomic E-state index is 13.6. The Morgan fingerprint density at radius 3 is 1.85 bits per heavy atom. The Hall–Kier alpha value is -2.16. The van der Waals surface area contributed by atoms with E-state index in [1.807, 2.05) is 0 Å². The highest BCUT2D eigenvalue weighted by Crippen LogP contribution is 2.54. The predicted molar refractivity (Wildman–Crippen MR) is 54.8 cm³/mol. The standard InChI is InChI=1S/C10H3F12NO3/c11-3-1-2-6(13,23(24)25)5(12)4(3)26-10(21,22)8(16,17)7(14,15)9(18,19)20/h1H,2H2. The average Bonchev–Trinajstić information content (AvgIpc) is 2.46. The van der Waals surface area contributed by atoms with Gasteiger partial charge in [0.05, 0.1) is 11.3 Å². The van der Waals surface area contributed by atoms with Crippen LogP contribution in [0.3, 0.4) is 0 Å². The summed E-state index contributed by atoms with van der Waals surface area (Å²) in [5.41, 5.74) is 0. The molecule has 26 heavy (non-hydrogen) atoms. The zero-order valence-corrected chi connectivity index (χ0v) is 11.5.